The Bertz CT molecular complexity index is 329. The smallest absolute Gasteiger partial charge is 0.233 e. The predicted octanol–water partition coefficient (Wildman–Crippen LogP) is -0.501. The van der Waals surface area contributed by atoms with Crippen molar-refractivity contribution in [1.82, 2.24) is 4.90 Å². The summed E-state index contributed by atoms with van der Waals surface area (Å²) < 4.78 is 5.29. The van der Waals surface area contributed by atoms with Gasteiger partial charge in [0.25, 0.3) is 0 Å². The van der Waals surface area contributed by atoms with Crippen molar-refractivity contribution in [2.75, 3.05) is 19.8 Å². The molecule has 1 saturated carbocycles. The molecule has 1 aliphatic carbocycles. The summed E-state index contributed by atoms with van der Waals surface area (Å²) in [6.45, 7) is 1.53. The van der Waals surface area contributed by atoms with E-state index >= 15 is 0 Å². The number of imide groups is 1. The first-order valence-electron chi connectivity index (χ1n) is 5.85. The third-order valence-corrected chi connectivity index (χ3v) is 4.14. The van der Waals surface area contributed by atoms with Gasteiger partial charge in [-0.1, -0.05) is 0 Å². The zero-order chi connectivity index (χ0) is 11.3. The molecule has 2 atom stereocenters. The average Bonchev–Trinajstić information content (AvgIpc) is 3.05. The number of piperidine rings is 1. The fourth-order valence-corrected chi connectivity index (χ4v) is 2.92. The number of likely N-dealkylation sites (tertiary alicyclic amines) is 1. The Morgan fingerprint density at radius 2 is 1.81 bits per heavy atom. The highest BCUT2D eigenvalue weighted by Crippen LogP contribution is 2.50. The molecular weight excluding hydrogens is 208 g/mol. The number of ether oxygens (including phenoxy) is 1. The topological polar surface area (TPSA) is 72.6 Å². The number of carbonyl (C=O) groups excluding carboxylic acids is 2. The van der Waals surface area contributed by atoms with Crippen LogP contribution < -0.4 is 5.73 Å². The summed E-state index contributed by atoms with van der Waals surface area (Å²) in [5, 5.41) is 0. The van der Waals surface area contributed by atoms with Crippen molar-refractivity contribution in [3.05, 3.63) is 0 Å². The lowest BCUT2D eigenvalue weighted by Crippen LogP contribution is -2.59. The molecule has 3 fully saturated rings. The fraction of sp³-hybridized carbons (Fsp3) is 0.818. The van der Waals surface area contributed by atoms with Crippen LogP contribution in [-0.2, 0) is 14.3 Å². The van der Waals surface area contributed by atoms with E-state index < -0.39 is 5.54 Å². The minimum atomic E-state index is -0.458. The fourth-order valence-electron chi connectivity index (χ4n) is 2.92. The molecule has 0 aromatic rings. The lowest BCUT2D eigenvalue weighted by Gasteiger charge is -2.43. The third-order valence-electron chi connectivity index (χ3n) is 4.14. The van der Waals surface area contributed by atoms with E-state index in [1.54, 1.807) is 0 Å². The van der Waals surface area contributed by atoms with Crippen molar-refractivity contribution in [3.8, 4) is 0 Å². The number of nitrogens with zero attached hydrogens (tertiary/aromatic N) is 1. The molecule has 0 radical (unpaired) electrons. The van der Waals surface area contributed by atoms with Gasteiger partial charge in [0.05, 0.1) is 17.4 Å². The van der Waals surface area contributed by atoms with E-state index in [2.05, 4.69) is 0 Å². The van der Waals surface area contributed by atoms with Crippen LogP contribution >= 0.6 is 0 Å². The molecule has 0 bridgehead atoms. The van der Waals surface area contributed by atoms with E-state index in [-0.39, 0.29) is 23.7 Å². The molecule has 2 heterocycles. The van der Waals surface area contributed by atoms with Crippen LogP contribution in [0.15, 0.2) is 0 Å². The first-order chi connectivity index (χ1) is 7.69. The maximum atomic E-state index is 12.0. The second-order valence-electron chi connectivity index (χ2n) is 5.00. The first kappa shape index (κ1) is 10.2. The van der Waals surface area contributed by atoms with Crippen molar-refractivity contribution in [3.63, 3.8) is 0 Å². The Labute approximate surface area is 93.9 Å². The number of carbonyl (C=O) groups is 2. The molecule has 2 amide bonds. The highest BCUT2D eigenvalue weighted by atomic mass is 16.5. The zero-order valence-electron chi connectivity index (χ0n) is 9.15. The predicted molar refractivity (Wildman–Crippen MR) is 55.3 cm³/mol. The van der Waals surface area contributed by atoms with Crippen molar-refractivity contribution in [1.29, 1.82) is 0 Å². The largest absolute Gasteiger partial charge is 0.381 e. The zero-order valence-corrected chi connectivity index (χ0v) is 9.15. The molecule has 3 aliphatic rings. The van der Waals surface area contributed by atoms with Crippen molar-refractivity contribution < 1.29 is 14.3 Å². The number of nitrogens with two attached hydrogens (primary N) is 1. The molecule has 0 aromatic carbocycles. The second-order valence-corrected chi connectivity index (χ2v) is 5.00. The lowest BCUT2D eigenvalue weighted by atomic mass is 9.88. The first-order valence-corrected chi connectivity index (χ1v) is 5.85. The van der Waals surface area contributed by atoms with Crippen molar-refractivity contribution in [2.24, 2.45) is 17.6 Å². The molecule has 2 aliphatic heterocycles. The monoisotopic (exact) mass is 224 g/mol. The molecular formula is C11H16N2O3. The molecule has 5 nitrogen and oxygen atoms in total. The summed E-state index contributed by atoms with van der Waals surface area (Å²) in [5.41, 5.74) is 5.34. The SMILES string of the molecule is NCC1(N2C(=O)C3CC3C2=O)CCOCC1. The van der Waals surface area contributed by atoms with Crippen molar-refractivity contribution >= 4 is 11.8 Å². The lowest BCUT2D eigenvalue weighted by molar-refractivity contribution is -0.152. The molecule has 88 valence electrons. The van der Waals surface area contributed by atoms with E-state index in [9.17, 15) is 9.59 Å². The van der Waals surface area contributed by atoms with Gasteiger partial charge in [0.2, 0.25) is 11.8 Å². The minimum Gasteiger partial charge on any atom is -0.381 e. The van der Waals surface area contributed by atoms with Crippen LogP contribution in [0.4, 0.5) is 0 Å². The number of hydrogen-bond acceptors (Lipinski definition) is 4. The minimum absolute atomic E-state index is 0.00218. The summed E-state index contributed by atoms with van der Waals surface area (Å²) in [7, 11) is 0. The molecule has 2 N–H and O–H groups in total. The van der Waals surface area contributed by atoms with Gasteiger partial charge in [0.1, 0.15) is 0 Å². The number of fused-ring (bicyclic) bond motifs is 1. The summed E-state index contributed by atoms with van der Waals surface area (Å²) in [5.74, 6) is -0.0535. The van der Waals surface area contributed by atoms with Gasteiger partial charge in [-0.25, -0.2) is 0 Å². The highest BCUT2D eigenvalue weighted by Gasteiger charge is 2.63. The highest BCUT2D eigenvalue weighted by molar-refractivity contribution is 6.09. The van der Waals surface area contributed by atoms with Crippen LogP contribution in [-0.4, -0.2) is 42.0 Å². The molecule has 3 rings (SSSR count). The van der Waals surface area contributed by atoms with Crippen LogP contribution in [0.1, 0.15) is 19.3 Å². The molecule has 16 heavy (non-hydrogen) atoms. The van der Waals surface area contributed by atoms with E-state index in [0.29, 0.717) is 32.6 Å². The maximum absolute atomic E-state index is 12.0. The van der Waals surface area contributed by atoms with E-state index in [1.165, 1.54) is 4.90 Å². The normalized spacial score (nSPS) is 36.4. The molecule has 2 saturated heterocycles. The van der Waals surface area contributed by atoms with Crippen molar-refractivity contribution in [2.45, 2.75) is 24.8 Å². The number of rotatable bonds is 2. The van der Waals surface area contributed by atoms with Crippen LogP contribution in [0.3, 0.4) is 0 Å². The third kappa shape index (κ3) is 1.18. The van der Waals surface area contributed by atoms with E-state index in [1.807, 2.05) is 0 Å². The van der Waals surface area contributed by atoms with Gasteiger partial charge in [-0.05, 0) is 19.3 Å². The van der Waals surface area contributed by atoms with E-state index in [0.717, 1.165) is 6.42 Å². The number of hydrogen-bond donors (Lipinski definition) is 1. The second kappa shape index (κ2) is 3.28. The summed E-state index contributed by atoms with van der Waals surface area (Å²) in [6.07, 6.45) is 2.12. The Balaban J connectivity index is 1.89. The average molecular weight is 224 g/mol. The van der Waals surface area contributed by atoms with Crippen LogP contribution in [0.2, 0.25) is 0 Å². The molecule has 5 heteroatoms. The molecule has 0 aromatic heterocycles. The Morgan fingerprint density at radius 1 is 1.25 bits per heavy atom. The molecule has 0 spiro atoms. The van der Waals surface area contributed by atoms with Gasteiger partial charge in [-0.15, -0.1) is 0 Å². The van der Waals surface area contributed by atoms with Gasteiger partial charge in [0.15, 0.2) is 0 Å². The summed E-state index contributed by atoms with van der Waals surface area (Å²) >= 11 is 0. The van der Waals surface area contributed by atoms with Crippen LogP contribution in [0.5, 0.6) is 0 Å². The van der Waals surface area contributed by atoms with Crippen LogP contribution in [0.25, 0.3) is 0 Å². The Kier molecular flexibility index (Phi) is 2.09. The van der Waals surface area contributed by atoms with Gasteiger partial charge in [-0.2, -0.15) is 0 Å². The van der Waals surface area contributed by atoms with Gasteiger partial charge < -0.3 is 10.5 Å². The van der Waals surface area contributed by atoms with Crippen LogP contribution in [0, 0.1) is 11.8 Å². The van der Waals surface area contributed by atoms with Gasteiger partial charge in [0, 0.05) is 19.8 Å². The van der Waals surface area contributed by atoms with Gasteiger partial charge in [-0.3, -0.25) is 14.5 Å². The van der Waals surface area contributed by atoms with E-state index in [4.69, 9.17) is 10.5 Å². The summed E-state index contributed by atoms with van der Waals surface area (Å²) in [4.78, 5) is 25.5. The maximum Gasteiger partial charge on any atom is 0.233 e. The van der Waals surface area contributed by atoms with Gasteiger partial charge >= 0.3 is 0 Å². The summed E-state index contributed by atoms with van der Waals surface area (Å²) in [6, 6.07) is 0. The Hall–Kier alpha value is -0.940. The Morgan fingerprint density at radius 3 is 2.31 bits per heavy atom. The quantitative estimate of drug-likeness (QED) is 0.642. The standard InChI is InChI=1S/C11H16N2O3/c12-6-11(1-3-16-4-2-11)13-9(14)7-5-8(7)10(13)15/h7-8H,1-6,12H2. The molecule has 2 unspecified atom stereocenters. The number of amides is 2.